The van der Waals surface area contributed by atoms with E-state index in [0.29, 0.717) is 12.3 Å². The molecule has 0 aromatic heterocycles. The lowest BCUT2D eigenvalue weighted by Gasteiger charge is -2.69. The van der Waals surface area contributed by atoms with Gasteiger partial charge in [-0.25, -0.2) is 0 Å². The van der Waals surface area contributed by atoms with Crippen LogP contribution in [0.15, 0.2) is 35.4 Å². The summed E-state index contributed by atoms with van der Waals surface area (Å²) in [5.41, 5.74) is 9.74. The van der Waals surface area contributed by atoms with Crippen molar-refractivity contribution in [3.8, 4) is 0 Å². The van der Waals surface area contributed by atoms with E-state index >= 15 is 0 Å². The number of fused-ring (bicyclic) bond motifs is 1. The molecule has 126 valence electrons. The summed E-state index contributed by atoms with van der Waals surface area (Å²) < 4.78 is 13.0. The van der Waals surface area contributed by atoms with Gasteiger partial charge in [0.2, 0.25) is 0 Å². The molecule has 3 unspecified atom stereocenters. The number of nitrogens with zero attached hydrogens (tertiary/aromatic N) is 3. The average Bonchev–Trinajstić information content (AvgIpc) is 2.91. The summed E-state index contributed by atoms with van der Waals surface area (Å²) in [5.74, 6) is 0.365. The molecule has 4 atom stereocenters. The maximum Gasteiger partial charge on any atom is 0.467 e. The number of hydrogen-bond donors (Lipinski definition) is 0. The van der Waals surface area contributed by atoms with Crippen molar-refractivity contribution in [2.75, 3.05) is 0 Å². The van der Waals surface area contributed by atoms with Gasteiger partial charge in [0.25, 0.3) is 0 Å². The zero-order chi connectivity index (χ0) is 17.0. The van der Waals surface area contributed by atoms with E-state index in [0.717, 1.165) is 18.4 Å². The molecule has 1 aromatic rings. The van der Waals surface area contributed by atoms with E-state index in [-0.39, 0.29) is 22.6 Å². The molecule has 3 aliphatic carbocycles. The van der Waals surface area contributed by atoms with E-state index in [1.807, 2.05) is 30.3 Å². The fourth-order valence-electron chi connectivity index (χ4n) is 5.30. The second-order valence-corrected chi connectivity index (χ2v) is 8.29. The van der Waals surface area contributed by atoms with Crippen LogP contribution in [0.1, 0.15) is 45.6 Å². The van der Waals surface area contributed by atoms with Crippen LogP contribution in [0.2, 0.25) is 0 Å². The van der Waals surface area contributed by atoms with Gasteiger partial charge in [0.1, 0.15) is 0 Å². The third-order valence-corrected chi connectivity index (χ3v) is 6.91. The van der Waals surface area contributed by atoms with Gasteiger partial charge in [0.05, 0.1) is 17.1 Å². The van der Waals surface area contributed by atoms with Crippen LogP contribution >= 0.6 is 0 Å². The van der Waals surface area contributed by atoms with Crippen LogP contribution in [0.5, 0.6) is 0 Å². The quantitative estimate of drug-likeness (QED) is 0.358. The highest BCUT2D eigenvalue weighted by Gasteiger charge is 2.76. The fourth-order valence-corrected chi connectivity index (χ4v) is 5.30. The summed E-state index contributed by atoms with van der Waals surface area (Å²) in [6.45, 7) is 6.77. The average molecular weight is 325 g/mol. The minimum absolute atomic E-state index is 0.113. The summed E-state index contributed by atoms with van der Waals surface area (Å²) in [7, 11) is -0.468. The Morgan fingerprint density at radius 2 is 2.04 bits per heavy atom. The number of azide groups is 1. The van der Waals surface area contributed by atoms with Crippen LogP contribution in [0.3, 0.4) is 0 Å². The van der Waals surface area contributed by atoms with E-state index in [1.165, 1.54) is 6.42 Å². The highest BCUT2D eigenvalue weighted by Crippen LogP contribution is 2.70. The highest BCUT2D eigenvalue weighted by molar-refractivity contribution is 6.47. The summed E-state index contributed by atoms with van der Waals surface area (Å²) in [5, 5.41) is 4.02. The van der Waals surface area contributed by atoms with Crippen molar-refractivity contribution in [2.24, 2.45) is 16.4 Å². The molecule has 4 fully saturated rings. The van der Waals surface area contributed by atoms with E-state index in [4.69, 9.17) is 14.8 Å². The van der Waals surface area contributed by atoms with Crippen molar-refractivity contribution in [2.45, 2.75) is 63.6 Å². The lowest BCUT2D eigenvalue weighted by Crippen LogP contribution is -2.73. The topological polar surface area (TPSA) is 67.2 Å². The smallest absolute Gasteiger partial charge is 0.403 e. The monoisotopic (exact) mass is 325 g/mol. The zero-order valence-electron chi connectivity index (χ0n) is 14.6. The molecule has 1 saturated heterocycles. The van der Waals surface area contributed by atoms with Crippen molar-refractivity contribution in [1.29, 1.82) is 0 Å². The summed E-state index contributed by atoms with van der Waals surface area (Å²) in [4.78, 5) is 3.05. The van der Waals surface area contributed by atoms with Crippen LogP contribution in [0.4, 0.5) is 0 Å². The van der Waals surface area contributed by atoms with Gasteiger partial charge in [0, 0.05) is 4.91 Å². The molecule has 2 bridgehead atoms. The van der Waals surface area contributed by atoms with Gasteiger partial charge in [-0.05, 0) is 55.0 Å². The van der Waals surface area contributed by atoms with Gasteiger partial charge in [-0.3, -0.25) is 0 Å². The molecular formula is C18H24BN3O2. The molecule has 3 saturated carbocycles. The molecule has 0 radical (unpaired) electrons. The highest BCUT2D eigenvalue weighted by atomic mass is 16.7. The molecule has 6 heteroatoms. The Morgan fingerprint density at radius 1 is 1.29 bits per heavy atom. The van der Waals surface area contributed by atoms with E-state index < -0.39 is 7.12 Å². The van der Waals surface area contributed by atoms with Crippen molar-refractivity contribution in [1.82, 2.24) is 0 Å². The van der Waals surface area contributed by atoms with Crippen molar-refractivity contribution in [3.05, 3.63) is 46.3 Å². The van der Waals surface area contributed by atoms with E-state index in [9.17, 15) is 0 Å². The second-order valence-electron chi connectivity index (χ2n) is 8.29. The Kier molecular flexibility index (Phi) is 3.50. The molecule has 1 aliphatic heterocycles. The third kappa shape index (κ3) is 2.00. The first-order valence-corrected chi connectivity index (χ1v) is 8.86. The number of rotatable bonds is 4. The van der Waals surface area contributed by atoms with Gasteiger partial charge in [-0.1, -0.05) is 49.3 Å². The standard InChI is InChI=1S/C18H24BN3O2/c1-16(2)14-9-10-17(3)18(16,12-14)24-19(23-17)15(21-22-20)11-13-7-5-4-6-8-13/h4-8,14-15H,9-12H2,1-3H3/t14?,15-,17?,18?/m0/s1. The predicted molar refractivity (Wildman–Crippen MR) is 93.3 cm³/mol. The minimum atomic E-state index is -0.468. The summed E-state index contributed by atoms with van der Waals surface area (Å²) in [6.07, 6.45) is 3.89. The molecular weight excluding hydrogens is 301 g/mol. The zero-order valence-corrected chi connectivity index (χ0v) is 14.6. The lowest BCUT2D eigenvalue weighted by molar-refractivity contribution is -0.257. The normalized spacial score (nSPS) is 37.1. The van der Waals surface area contributed by atoms with Crippen molar-refractivity contribution < 1.29 is 9.31 Å². The first kappa shape index (κ1) is 16.0. The maximum absolute atomic E-state index is 9.02. The van der Waals surface area contributed by atoms with Crippen LogP contribution in [-0.4, -0.2) is 24.3 Å². The van der Waals surface area contributed by atoms with Gasteiger partial charge < -0.3 is 9.31 Å². The molecule has 1 aromatic carbocycles. The number of hydrogen-bond acceptors (Lipinski definition) is 3. The Labute approximate surface area is 143 Å². The van der Waals surface area contributed by atoms with Gasteiger partial charge in [-0.15, -0.1) is 0 Å². The molecule has 5 nitrogen and oxygen atoms in total. The Hall–Kier alpha value is -1.49. The fraction of sp³-hybridized carbons (Fsp3) is 0.667. The molecule has 4 aliphatic rings. The Morgan fingerprint density at radius 3 is 2.67 bits per heavy atom. The van der Waals surface area contributed by atoms with E-state index in [2.05, 4.69) is 30.8 Å². The molecule has 0 amide bonds. The largest absolute Gasteiger partial charge is 0.467 e. The lowest BCUT2D eigenvalue weighted by atomic mass is 9.41. The third-order valence-electron chi connectivity index (χ3n) is 6.91. The van der Waals surface area contributed by atoms with Crippen LogP contribution in [0, 0.1) is 11.3 Å². The van der Waals surface area contributed by atoms with Crippen molar-refractivity contribution in [3.63, 3.8) is 0 Å². The second kappa shape index (κ2) is 5.25. The summed E-state index contributed by atoms with van der Waals surface area (Å²) in [6, 6.07) is 10.1. The van der Waals surface area contributed by atoms with Gasteiger partial charge in [-0.2, -0.15) is 0 Å². The first-order chi connectivity index (χ1) is 11.4. The SMILES string of the molecule is CC12CCC3CC1(OB([C@H](Cc1ccccc1)N=[N+]=[N-])O2)C3(C)C. The Bertz CT molecular complexity index is 691. The summed E-state index contributed by atoms with van der Waals surface area (Å²) >= 11 is 0. The predicted octanol–water partition coefficient (Wildman–Crippen LogP) is 4.32. The molecule has 1 heterocycles. The molecule has 5 rings (SSSR count). The molecule has 1 spiro atoms. The van der Waals surface area contributed by atoms with E-state index in [1.54, 1.807) is 0 Å². The Balaban J connectivity index is 1.61. The van der Waals surface area contributed by atoms with Crippen LogP contribution in [0.25, 0.3) is 10.4 Å². The van der Waals surface area contributed by atoms with Gasteiger partial charge in [0.15, 0.2) is 0 Å². The van der Waals surface area contributed by atoms with Crippen LogP contribution < -0.4 is 0 Å². The van der Waals surface area contributed by atoms with Crippen molar-refractivity contribution >= 4 is 7.12 Å². The van der Waals surface area contributed by atoms with Crippen LogP contribution in [-0.2, 0) is 15.7 Å². The minimum Gasteiger partial charge on any atom is -0.403 e. The first-order valence-electron chi connectivity index (χ1n) is 8.86. The number of benzene rings is 1. The molecule has 0 N–H and O–H groups in total. The molecule has 24 heavy (non-hydrogen) atoms. The maximum atomic E-state index is 9.02. The van der Waals surface area contributed by atoms with Gasteiger partial charge >= 0.3 is 7.12 Å².